The average molecular weight is 277 g/mol. The van der Waals surface area contributed by atoms with E-state index < -0.39 is 5.91 Å². The van der Waals surface area contributed by atoms with Crippen LogP contribution in [0.25, 0.3) is 0 Å². The fourth-order valence-corrected chi connectivity index (χ4v) is 1.89. The number of hydrogen-bond donors (Lipinski definition) is 2. The summed E-state index contributed by atoms with van der Waals surface area (Å²) in [6.45, 7) is 1.88. The number of ether oxygens (including phenoxy) is 1. The third-order valence-corrected chi connectivity index (χ3v) is 2.89. The lowest BCUT2D eigenvalue weighted by molar-refractivity contribution is 0.100. The van der Waals surface area contributed by atoms with Gasteiger partial charge in [-0.2, -0.15) is 0 Å². The van der Waals surface area contributed by atoms with Crippen LogP contribution in [0.15, 0.2) is 36.4 Å². The van der Waals surface area contributed by atoms with Gasteiger partial charge >= 0.3 is 0 Å². The number of nitrogen functional groups attached to an aromatic ring is 1. The number of nitrogens with two attached hydrogens (primary N) is 2. The van der Waals surface area contributed by atoms with Crippen LogP contribution in [0.4, 0.5) is 5.69 Å². The van der Waals surface area contributed by atoms with Gasteiger partial charge in [-0.1, -0.05) is 11.6 Å². The highest BCUT2D eigenvalue weighted by molar-refractivity contribution is 6.30. The molecule has 2 aromatic rings. The van der Waals surface area contributed by atoms with E-state index in [1.165, 1.54) is 6.07 Å². The van der Waals surface area contributed by atoms with Gasteiger partial charge in [0.2, 0.25) is 0 Å². The fraction of sp³-hybridized carbons (Fsp3) is 0.0714. The van der Waals surface area contributed by atoms with Crippen LogP contribution in [-0.4, -0.2) is 5.91 Å². The van der Waals surface area contributed by atoms with Gasteiger partial charge in [-0.25, -0.2) is 0 Å². The normalized spacial score (nSPS) is 10.2. The van der Waals surface area contributed by atoms with Crippen molar-refractivity contribution in [3.8, 4) is 11.5 Å². The maximum Gasteiger partial charge on any atom is 0.250 e. The highest BCUT2D eigenvalue weighted by Gasteiger charge is 2.09. The molecule has 0 saturated carbocycles. The minimum Gasteiger partial charge on any atom is -0.457 e. The first-order valence-electron chi connectivity index (χ1n) is 5.60. The molecule has 0 atom stereocenters. The van der Waals surface area contributed by atoms with Gasteiger partial charge in [0.15, 0.2) is 0 Å². The van der Waals surface area contributed by atoms with Crippen LogP contribution in [0.3, 0.4) is 0 Å². The lowest BCUT2D eigenvalue weighted by atomic mass is 10.1. The zero-order valence-corrected chi connectivity index (χ0v) is 11.1. The van der Waals surface area contributed by atoms with Gasteiger partial charge < -0.3 is 16.2 Å². The van der Waals surface area contributed by atoms with Gasteiger partial charge in [-0.15, -0.1) is 0 Å². The third kappa shape index (κ3) is 2.98. The maximum absolute atomic E-state index is 11.2. The minimum absolute atomic E-state index is 0.240. The molecule has 5 heteroatoms. The maximum atomic E-state index is 11.2. The first-order chi connectivity index (χ1) is 8.97. The second-order valence-electron chi connectivity index (χ2n) is 4.13. The molecule has 0 aromatic heterocycles. The minimum atomic E-state index is -0.587. The predicted molar refractivity (Wildman–Crippen MR) is 75.6 cm³/mol. The molecule has 2 aromatic carbocycles. The quantitative estimate of drug-likeness (QED) is 0.846. The fourth-order valence-electron chi connectivity index (χ4n) is 1.67. The van der Waals surface area contributed by atoms with Gasteiger partial charge in [0.25, 0.3) is 5.91 Å². The second-order valence-corrected chi connectivity index (χ2v) is 4.56. The molecular weight excluding hydrogens is 264 g/mol. The zero-order chi connectivity index (χ0) is 14.0. The largest absolute Gasteiger partial charge is 0.457 e. The van der Waals surface area contributed by atoms with Crippen LogP contribution in [0.1, 0.15) is 15.9 Å². The number of carbonyl (C=O) groups excluding carboxylic acids is 1. The first kappa shape index (κ1) is 13.2. The Morgan fingerprint density at radius 3 is 2.58 bits per heavy atom. The summed E-state index contributed by atoms with van der Waals surface area (Å²) in [7, 11) is 0. The third-order valence-electron chi connectivity index (χ3n) is 2.66. The van der Waals surface area contributed by atoms with E-state index in [0.717, 1.165) is 5.56 Å². The standard InChI is InChI=1S/C14H13ClN2O2/c1-8-6-9(15)2-5-13(8)19-10-3-4-12(16)11(7-10)14(17)18/h2-7H,16H2,1H3,(H2,17,18). The molecule has 0 unspecified atom stereocenters. The number of halogens is 1. The van der Waals surface area contributed by atoms with Gasteiger partial charge in [0.1, 0.15) is 11.5 Å². The highest BCUT2D eigenvalue weighted by atomic mass is 35.5. The summed E-state index contributed by atoms with van der Waals surface area (Å²) in [5, 5.41) is 0.639. The van der Waals surface area contributed by atoms with E-state index in [9.17, 15) is 4.79 Å². The van der Waals surface area contributed by atoms with Crippen molar-refractivity contribution in [1.82, 2.24) is 0 Å². The Hall–Kier alpha value is -2.20. The summed E-state index contributed by atoms with van der Waals surface area (Å²) >= 11 is 5.87. The van der Waals surface area contributed by atoms with Crippen molar-refractivity contribution in [2.75, 3.05) is 5.73 Å². The Morgan fingerprint density at radius 1 is 1.21 bits per heavy atom. The Morgan fingerprint density at radius 2 is 1.95 bits per heavy atom. The molecule has 1 amide bonds. The van der Waals surface area contributed by atoms with Crippen LogP contribution >= 0.6 is 11.6 Å². The number of amides is 1. The topological polar surface area (TPSA) is 78.3 Å². The SMILES string of the molecule is Cc1cc(Cl)ccc1Oc1ccc(N)c(C(N)=O)c1. The first-order valence-corrected chi connectivity index (χ1v) is 5.98. The van der Waals surface area contributed by atoms with Crippen LogP contribution < -0.4 is 16.2 Å². The van der Waals surface area contributed by atoms with Crippen molar-refractivity contribution in [3.05, 3.63) is 52.5 Å². The molecule has 0 spiro atoms. The molecule has 2 rings (SSSR count). The molecule has 0 aliphatic rings. The van der Waals surface area contributed by atoms with E-state index >= 15 is 0 Å². The van der Waals surface area contributed by atoms with Gasteiger partial charge in [0.05, 0.1) is 5.56 Å². The van der Waals surface area contributed by atoms with Crippen LogP contribution in [0, 0.1) is 6.92 Å². The second kappa shape index (κ2) is 5.20. The molecule has 0 saturated heterocycles. The Kier molecular flexibility index (Phi) is 3.62. The molecule has 98 valence electrons. The Labute approximate surface area is 115 Å². The average Bonchev–Trinajstić information content (AvgIpc) is 2.34. The van der Waals surface area contributed by atoms with Crippen molar-refractivity contribution < 1.29 is 9.53 Å². The number of benzene rings is 2. The molecule has 4 nitrogen and oxygen atoms in total. The Bertz CT molecular complexity index is 641. The zero-order valence-electron chi connectivity index (χ0n) is 10.3. The van der Waals surface area contributed by atoms with E-state index in [1.54, 1.807) is 30.3 Å². The molecule has 0 heterocycles. The summed E-state index contributed by atoms with van der Waals surface area (Å²) in [5.41, 5.74) is 12.4. The molecular formula is C14H13ClN2O2. The summed E-state index contributed by atoms with van der Waals surface area (Å²) in [4.78, 5) is 11.2. The predicted octanol–water partition coefficient (Wildman–Crippen LogP) is 3.12. The summed E-state index contributed by atoms with van der Waals surface area (Å²) in [6, 6.07) is 10.1. The summed E-state index contributed by atoms with van der Waals surface area (Å²) in [6.07, 6.45) is 0. The van der Waals surface area contributed by atoms with Gasteiger partial charge in [0, 0.05) is 10.7 Å². The number of anilines is 1. The van der Waals surface area contributed by atoms with Crippen LogP contribution in [0.5, 0.6) is 11.5 Å². The number of primary amides is 1. The smallest absolute Gasteiger partial charge is 0.250 e. The van der Waals surface area contributed by atoms with E-state index in [4.69, 9.17) is 27.8 Å². The Balaban J connectivity index is 2.33. The molecule has 0 bridgehead atoms. The van der Waals surface area contributed by atoms with E-state index in [-0.39, 0.29) is 5.56 Å². The van der Waals surface area contributed by atoms with Crippen LogP contribution in [0.2, 0.25) is 5.02 Å². The molecule has 0 aliphatic carbocycles. The van der Waals surface area contributed by atoms with E-state index in [1.807, 2.05) is 6.92 Å². The molecule has 19 heavy (non-hydrogen) atoms. The summed E-state index contributed by atoms with van der Waals surface area (Å²) in [5.74, 6) is 0.564. The van der Waals surface area contributed by atoms with E-state index in [0.29, 0.717) is 22.2 Å². The van der Waals surface area contributed by atoms with Gasteiger partial charge in [-0.3, -0.25) is 4.79 Å². The molecule has 0 fully saturated rings. The number of carbonyl (C=O) groups is 1. The number of hydrogen-bond acceptors (Lipinski definition) is 3. The van der Waals surface area contributed by atoms with Crippen molar-refractivity contribution in [1.29, 1.82) is 0 Å². The molecule has 0 aliphatic heterocycles. The van der Waals surface area contributed by atoms with E-state index in [2.05, 4.69) is 0 Å². The molecule has 0 radical (unpaired) electrons. The number of aryl methyl sites for hydroxylation is 1. The van der Waals surface area contributed by atoms with Crippen molar-refractivity contribution in [3.63, 3.8) is 0 Å². The summed E-state index contributed by atoms with van der Waals surface area (Å²) < 4.78 is 5.69. The monoisotopic (exact) mass is 276 g/mol. The van der Waals surface area contributed by atoms with Crippen molar-refractivity contribution >= 4 is 23.2 Å². The number of rotatable bonds is 3. The van der Waals surface area contributed by atoms with Crippen molar-refractivity contribution in [2.24, 2.45) is 5.73 Å². The van der Waals surface area contributed by atoms with Crippen molar-refractivity contribution in [2.45, 2.75) is 6.92 Å². The lowest BCUT2D eigenvalue weighted by Crippen LogP contribution is -2.13. The lowest BCUT2D eigenvalue weighted by Gasteiger charge is -2.10. The molecule has 4 N–H and O–H groups in total. The van der Waals surface area contributed by atoms with Crippen LogP contribution in [-0.2, 0) is 0 Å². The van der Waals surface area contributed by atoms with Gasteiger partial charge in [-0.05, 0) is 48.9 Å². The highest BCUT2D eigenvalue weighted by Crippen LogP contribution is 2.29.